The fraction of sp³-hybridized carbons (Fsp3) is 0.692. The normalized spacial score (nSPS) is 12.9. The zero-order valence-electron chi connectivity index (χ0n) is 86.4. The Labute approximate surface area is 862 Å². The van der Waals surface area contributed by atoms with Crippen LogP contribution in [-0.4, -0.2) is 324 Å². The Morgan fingerprint density at radius 3 is 1.35 bits per heavy atom. The lowest BCUT2D eigenvalue weighted by Gasteiger charge is -2.26. The number of carboxylic acids is 4. The van der Waals surface area contributed by atoms with Gasteiger partial charge in [-0.2, -0.15) is 0 Å². The number of carbonyl (C=O) groups excluding carboxylic acids is 13. The number of hydrogen-bond donors (Lipinski definition) is 14. The van der Waals surface area contributed by atoms with Crippen molar-refractivity contribution in [2.24, 2.45) is 29.4 Å². The van der Waals surface area contributed by atoms with E-state index in [-0.39, 0.29) is 280 Å². The van der Waals surface area contributed by atoms with Crippen LogP contribution in [0.15, 0.2) is 61.1 Å². The van der Waals surface area contributed by atoms with Crippen molar-refractivity contribution in [3.8, 4) is 11.5 Å². The molecule has 0 aliphatic rings. The first kappa shape index (κ1) is 130. The standard InChI is InChI=1S/C104H164N10O33/c1-5-75(4)97(105)99(127)114-98(74(2)3)104(136)147-91(65-80-66-106-73-112-80)88(119)44-36-76(26-18-20-46-107-94(124)71-144-63-59-140-55-49-110-96(126)72-143-62-56-137-50-24-28-81(116)38-43-87(103(134)135)113-93(123)31-17-13-9-7-11-15-23-53-146-85-41-34-78(35-42-85)101(130)131)89(120)67-111-86(90(121)68-115)30-19-21-47-108-95(125)70-142-61-57-138-51-25-29-83(118)69-141-60-58-139-54-48-109-92(122)45-37-79(102(132)133)64-82(117)27-16-12-8-6-10-14-22-52-145-84-39-32-77(33-40-84)100(128)129/h32-35,39-42,66,73-76,79,86-87,91,97-98,111,115H,5-31,36-38,43-65,67-72,105H2,1-4H3,(H,106,112)(H,107,124)(H,108,125)(H,109,122)(H,110,126)(H,113,123)(H,114,127)(H,128,129)(H,130,131)(H,132,133)(H,134,135)/t75-,76+,79+,86-,87-,91-,97-,98-/m0/s1. The van der Waals surface area contributed by atoms with Crippen molar-refractivity contribution in [3.05, 3.63) is 77.9 Å². The number of amides is 6. The summed E-state index contributed by atoms with van der Waals surface area (Å²) in [7, 11) is 0. The van der Waals surface area contributed by atoms with Gasteiger partial charge in [-0.3, -0.25) is 62.3 Å². The maximum absolute atomic E-state index is 14.3. The zero-order chi connectivity index (χ0) is 108. The number of aliphatic carboxylic acids is 2. The molecule has 0 radical (unpaired) electrons. The number of nitrogens with one attached hydrogen (secondary N) is 8. The summed E-state index contributed by atoms with van der Waals surface area (Å²) in [6.07, 6.45) is 17.6. The highest BCUT2D eigenvalue weighted by Gasteiger charge is 2.35. The maximum atomic E-state index is 14.3. The zero-order valence-corrected chi connectivity index (χ0v) is 86.4. The molecule has 0 aliphatic heterocycles. The molecule has 1 heterocycles. The molecule has 8 atom stereocenters. The van der Waals surface area contributed by atoms with Crippen LogP contribution in [0, 0.1) is 23.7 Å². The molecule has 15 N–H and O–H groups in total. The molecule has 828 valence electrons. The van der Waals surface area contributed by atoms with E-state index in [0.717, 1.165) is 77.0 Å². The summed E-state index contributed by atoms with van der Waals surface area (Å²) in [4.78, 5) is 222. The van der Waals surface area contributed by atoms with E-state index >= 15 is 0 Å². The van der Waals surface area contributed by atoms with Gasteiger partial charge in [0.1, 0.15) is 74.0 Å². The number of H-pyrrole nitrogens is 1. The average Bonchev–Trinajstić information content (AvgIpc) is 1.66. The molecule has 0 aliphatic carbocycles. The van der Waals surface area contributed by atoms with Gasteiger partial charge in [0.05, 0.1) is 121 Å². The summed E-state index contributed by atoms with van der Waals surface area (Å²) in [6, 6.07) is 8.30. The van der Waals surface area contributed by atoms with Crippen LogP contribution in [0.4, 0.5) is 0 Å². The molecule has 0 fully saturated rings. The number of aromatic nitrogens is 2. The number of benzene rings is 2. The van der Waals surface area contributed by atoms with E-state index in [1.807, 2.05) is 13.8 Å². The van der Waals surface area contributed by atoms with Gasteiger partial charge in [-0.15, -0.1) is 0 Å². The lowest BCUT2D eigenvalue weighted by molar-refractivity contribution is -0.159. The topological polar surface area (TPSA) is 632 Å². The molecule has 6 amide bonds. The van der Waals surface area contributed by atoms with Crippen LogP contribution in [0.3, 0.4) is 0 Å². The van der Waals surface area contributed by atoms with E-state index in [4.69, 9.17) is 68.1 Å². The molecule has 0 spiro atoms. The molecule has 0 bridgehead atoms. The molecule has 2 aromatic carbocycles. The maximum Gasteiger partial charge on any atom is 0.335 e. The van der Waals surface area contributed by atoms with Crippen LogP contribution in [0.25, 0.3) is 0 Å². The van der Waals surface area contributed by atoms with Gasteiger partial charge in [-0.05, 0) is 150 Å². The first-order chi connectivity index (χ1) is 70.8. The van der Waals surface area contributed by atoms with E-state index < -0.39 is 120 Å². The Morgan fingerprint density at radius 2 is 0.857 bits per heavy atom. The number of esters is 1. The number of Topliss-reactive ketones (excluding diaryl/α,β-unsaturated/α-hetero) is 6. The minimum Gasteiger partial charge on any atom is -0.494 e. The van der Waals surface area contributed by atoms with Crippen LogP contribution < -0.4 is 52.4 Å². The molecular weight excluding hydrogens is 1920 g/mol. The number of ketones is 6. The van der Waals surface area contributed by atoms with Gasteiger partial charge < -0.3 is 126 Å². The number of carboxylic acid groups (broad SMARTS) is 4. The Bertz CT molecular complexity index is 4280. The number of nitrogens with zero attached hydrogens (tertiary/aromatic N) is 1. The van der Waals surface area contributed by atoms with Gasteiger partial charge >= 0.3 is 29.8 Å². The van der Waals surface area contributed by atoms with Crippen LogP contribution in [-0.2, 0) is 121 Å². The molecule has 1 aromatic heterocycles. The highest BCUT2D eigenvalue weighted by molar-refractivity contribution is 5.93. The number of carbonyl (C=O) groups is 17. The number of nitrogens with two attached hydrogens (primary N) is 1. The number of imidazole rings is 1. The third kappa shape index (κ3) is 66.2. The third-order valence-electron chi connectivity index (χ3n) is 24.0. The molecule has 3 rings (SSSR count). The van der Waals surface area contributed by atoms with E-state index in [0.29, 0.717) is 88.2 Å². The Morgan fingerprint density at radius 1 is 0.395 bits per heavy atom. The van der Waals surface area contributed by atoms with Crippen LogP contribution >= 0.6 is 0 Å². The molecule has 43 heteroatoms. The van der Waals surface area contributed by atoms with Crippen molar-refractivity contribution in [1.29, 1.82) is 0 Å². The number of rotatable bonds is 98. The molecule has 0 saturated heterocycles. The predicted octanol–water partition coefficient (Wildman–Crippen LogP) is 7.65. The van der Waals surface area contributed by atoms with Gasteiger partial charge in [0, 0.05) is 115 Å². The predicted molar refractivity (Wildman–Crippen MR) is 538 cm³/mol. The first-order valence-corrected chi connectivity index (χ1v) is 51.9. The summed E-state index contributed by atoms with van der Waals surface area (Å²) < 4.78 is 61.0. The summed E-state index contributed by atoms with van der Waals surface area (Å²) in [5, 5.41) is 66.5. The van der Waals surface area contributed by atoms with Crippen LogP contribution in [0.2, 0.25) is 0 Å². The number of aliphatic hydroxyl groups is 1. The van der Waals surface area contributed by atoms with Crippen molar-refractivity contribution in [3.63, 3.8) is 0 Å². The van der Waals surface area contributed by atoms with Crippen molar-refractivity contribution in [1.82, 2.24) is 47.2 Å². The second-order valence-electron chi connectivity index (χ2n) is 36.5. The smallest absolute Gasteiger partial charge is 0.335 e. The molecule has 0 saturated carbocycles. The van der Waals surface area contributed by atoms with Crippen LogP contribution in [0.5, 0.6) is 11.5 Å². The summed E-state index contributed by atoms with van der Waals surface area (Å²) in [6.45, 7) is 8.56. The van der Waals surface area contributed by atoms with Gasteiger partial charge in [-0.1, -0.05) is 105 Å². The number of ether oxygens (including phenoxy) is 11. The van der Waals surface area contributed by atoms with Gasteiger partial charge in [0.15, 0.2) is 23.5 Å². The van der Waals surface area contributed by atoms with Crippen LogP contribution in [0.1, 0.15) is 272 Å². The Kier molecular flexibility index (Phi) is 73.4. The van der Waals surface area contributed by atoms with E-state index in [9.17, 15) is 96.8 Å². The minimum atomic E-state index is -1.37. The lowest BCUT2D eigenvalue weighted by atomic mass is 9.90. The number of hydrogen-bond acceptors (Lipinski definition) is 32. The van der Waals surface area contributed by atoms with Gasteiger partial charge in [0.2, 0.25) is 35.4 Å². The summed E-state index contributed by atoms with van der Waals surface area (Å²) in [5.41, 5.74) is 7.07. The molecule has 147 heavy (non-hydrogen) atoms. The Hall–Kier alpha value is -11.0. The fourth-order valence-electron chi connectivity index (χ4n) is 15.0. The molecule has 0 unspecified atom stereocenters. The number of aliphatic hydroxyl groups excluding tert-OH is 1. The summed E-state index contributed by atoms with van der Waals surface area (Å²) in [5.74, 6) is -10.8. The van der Waals surface area contributed by atoms with Gasteiger partial charge in [-0.25, -0.2) is 24.2 Å². The number of aromatic carboxylic acids is 2. The largest absolute Gasteiger partial charge is 0.494 e. The summed E-state index contributed by atoms with van der Waals surface area (Å²) >= 11 is 0. The average molecular weight is 2080 g/mol. The number of unbranched alkanes of at least 4 members (excludes halogenated alkanes) is 14. The number of aromatic amines is 1. The minimum absolute atomic E-state index is 0.00804. The quantitative estimate of drug-likeness (QED) is 0.0190. The van der Waals surface area contributed by atoms with E-state index in [2.05, 4.69) is 47.2 Å². The molecule has 3 aromatic rings. The van der Waals surface area contributed by atoms with E-state index in [1.165, 1.54) is 36.8 Å². The monoisotopic (exact) mass is 2080 g/mol. The van der Waals surface area contributed by atoms with Crippen molar-refractivity contribution >= 4 is 100.0 Å². The molecule has 43 nitrogen and oxygen atoms in total. The van der Waals surface area contributed by atoms with Crippen molar-refractivity contribution < 1.29 is 159 Å². The second-order valence-corrected chi connectivity index (χ2v) is 36.5. The highest BCUT2D eigenvalue weighted by Crippen LogP contribution is 2.24. The molecular formula is C104H164N10O33. The first-order valence-electron chi connectivity index (χ1n) is 51.9. The van der Waals surface area contributed by atoms with Gasteiger partial charge in [0.25, 0.3) is 0 Å². The SMILES string of the molecule is CC[C@H](C)[C@H](N)C(=O)N[C@H](C(=O)O[C@@H](Cc1cnc[nH]1)C(=O)CC[C@@H](CCCCNC(=O)COCCOCCNC(=O)COCCOCCCC(=O)CC[C@H](NC(=O)CCCCCCCCCOc1ccc(C(=O)O)cc1)C(=O)O)C(=O)CN[C@@H](CCCCNC(=O)COCCOCCCC(=O)COCCOCCNC(=O)CC[C@H](CC(=O)CCCCCCCCCOc1ccc(C(=O)O)cc1)C(=O)O)C(=O)CO)C(C)C. The fourth-order valence-corrected chi connectivity index (χ4v) is 15.0. The second kappa shape index (κ2) is 82.9. The third-order valence-corrected chi connectivity index (χ3v) is 24.0. The van der Waals surface area contributed by atoms with E-state index in [1.54, 1.807) is 38.1 Å². The van der Waals surface area contributed by atoms with Crippen molar-refractivity contribution in [2.45, 2.75) is 283 Å². The van der Waals surface area contributed by atoms with Crippen molar-refractivity contribution in [2.75, 3.05) is 158 Å². The lowest BCUT2D eigenvalue weighted by Crippen LogP contribution is -2.53. The Balaban J connectivity index is 1.29. The highest BCUT2D eigenvalue weighted by atomic mass is 16.6.